The standard InChI is InChI=1S/C16H22O/c1-12-6-2-3-7-13(12)10-11-16(17)14-8-4-5-9-15(14)16/h2-3,6-7,14-15,17H,4-5,8-11H2,1H3. The lowest BCUT2D eigenvalue weighted by molar-refractivity contribution is 0.109. The third-order valence-corrected chi connectivity index (χ3v) is 5.00. The van der Waals surface area contributed by atoms with Crippen LogP contribution in [0.1, 0.15) is 43.2 Å². The molecule has 0 amide bonds. The lowest BCUT2D eigenvalue weighted by atomic mass is 9.99. The molecule has 92 valence electrons. The van der Waals surface area contributed by atoms with E-state index in [1.54, 1.807) is 0 Å². The summed E-state index contributed by atoms with van der Waals surface area (Å²) in [7, 11) is 0. The number of aliphatic hydroxyl groups is 1. The Morgan fingerprint density at radius 3 is 2.47 bits per heavy atom. The minimum atomic E-state index is -0.307. The normalized spacial score (nSPS) is 35.4. The fraction of sp³-hybridized carbons (Fsp3) is 0.625. The third kappa shape index (κ3) is 1.91. The van der Waals surface area contributed by atoms with Gasteiger partial charge < -0.3 is 5.11 Å². The van der Waals surface area contributed by atoms with Crippen molar-refractivity contribution in [2.24, 2.45) is 11.8 Å². The van der Waals surface area contributed by atoms with Crippen LogP contribution in [-0.2, 0) is 6.42 Å². The molecular weight excluding hydrogens is 208 g/mol. The highest BCUT2D eigenvalue weighted by molar-refractivity contribution is 5.26. The molecule has 2 unspecified atom stereocenters. The summed E-state index contributed by atoms with van der Waals surface area (Å²) >= 11 is 0. The van der Waals surface area contributed by atoms with Gasteiger partial charge in [0.2, 0.25) is 0 Å². The highest BCUT2D eigenvalue weighted by Gasteiger charge is 2.62. The molecule has 1 heteroatoms. The second kappa shape index (κ2) is 4.13. The van der Waals surface area contributed by atoms with Crippen LogP contribution in [0, 0.1) is 18.8 Å². The zero-order valence-corrected chi connectivity index (χ0v) is 10.7. The van der Waals surface area contributed by atoms with Crippen LogP contribution in [0.3, 0.4) is 0 Å². The Kier molecular flexibility index (Phi) is 2.74. The quantitative estimate of drug-likeness (QED) is 0.843. The maximum absolute atomic E-state index is 10.6. The van der Waals surface area contributed by atoms with E-state index in [2.05, 4.69) is 31.2 Å². The zero-order valence-electron chi connectivity index (χ0n) is 10.7. The van der Waals surface area contributed by atoms with Crippen molar-refractivity contribution in [2.45, 2.75) is 51.0 Å². The van der Waals surface area contributed by atoms with E-state index in [9.17, 15) is 5.11 Å². The third-order valence-electron chi connectivity index (χ3n) is 5.00. The van der Waals surface area contributed by atoms with Crippen molar-refractivity contribution in [3.63, 3.8) is 0 Å². The molecule has 2 saturated carbocycles. The fourth-order valence-electron chi connectivity index (χ4n) is 3.81. The highest BCUT2D eigenvalue weighted by atomic mass is 16.3. The molecule has 0 bridgehead atoms. The first-order valence-corrected chi connectivity index (χ1v) is 6.99. The summed E-state index contributed by atoms with van der Waals surface area (Å²) < 4.78 is 0. The van der Waals surface area contributed by atoms with E-state index in [4.69, 9.17) is 0 Å². The first kappa shape index (κ1) is 11.3. The minimum absolute atomic E-state index is 0.307. The maximum Gasteiger partial charge on any atom is 0.0714 e. The maximum atomic E-state index is 10.6. The van der Waals surface area contributed by atoms with Crippen molar-refractivity contribution in [3.8, 4) is 0 Å². The summed E-state index contributed by atoms with van der Waals surface area (Å²) in [4.78, 5) is 0. The Bertz CT molecular complexity index is 398. The van der Waals surface area contributed by atoms with Crippen LogP contribution in [0.5, 0.6) is 0 Å². The number of benzene rings is 1. The van der Waals surface area contributed by atoms with E-state index in [1.165, 1.54) is 36.8 Å². The molecule has 1 N–H and O–H groups in total. The van der Waals surface area contributed by atoms with E-state index in [-0.39, 0.29) is 5.60 Å². The summed E-state index contributed by atoms with van der Waals surface area (Å²) in [6.07, 6.45) is 7.18. The second-order valence-corrected chi connectivity index (χ2v) is 5.92. The van der Waals surface area contributed by atoms with E-state index < -0.39 is 0 Å². The average molecular weight is 230 g/mol. The topological polar surface area (TPSA) is 20.2 Å². The van der Waals surface area contributed by atoms with Crippen LogP contribution >= 0.6 is 0 Å². The first-order valence-electron chi connectivity index (χ1n) is 6.99. The van der Waals surface area contributed by atoms with E-state index in [0.29, 0.717) is 11.8 Å². The molecule has 0 aromatic heterocycles. The highest BCUT2D eigenvalue weighted by Crippen LogP contribution is 2.60. The van der Waals surface area contributed by atoms with Gasteiger partial charge in [0.25, 0.3) is 0 Å². The summed E-state index contributed by atoms with van der Waals surface area (Å²) in [5, 5.41) is 10.6. The van der Waals surface area contributed by atoms with Gasteiger partial charge in [-0.2, -0.15) is 0 Å². The van der Waals surface area contributed by atoms with E-state index >= 15 is 0 Å². The van der Waals surface area contributed by atoms with Crippen molar-refractivity contribution >= 4 is 0 Å². The van der Waals surface area contributed by atoms with Crippen molar-refractivity contribution in [1.29, 1.82) is 0 Å². The molecule has 1 nitrogen and oxygen atoms in total. The van der Waals surface area contributed by atoms with Gasteiger partial charge in [0.1, 0.15) is 0 Å². The van der Waals surface area contributed by atoms with Gasteiger partial charge in [-0.1, -0.05) is 37.1 Å². The lowest BCUT2D eigenvalue weighted by Crippen LogP contribution is -2.14. The molecule has 2 fully saturated rings. The average Bonchev–Trinajstić information content (AvgIpc) is 2.96. The monoisotopic (exact) mass is 230 g/mol. The Labute approximate surface area is 104 Å². The molecule has 2 aliphatic rings. The van der Waals surface area contributed by atoms with Crippen LogP contribution < -0.4 is 0 Å². The van der Waals surface area contributed by atoms with Gasteiger partial charge in [-0.15, -0.1) is 0 Å². The van der Waals surface area contributed by atoms with Gasteiger partial charge >= 0.3 is 0 Å². The predicted molar refractivity (Wildman–Crippen MR) is 69.9 cm³/mol. The number of fused-ring (bicyclic) bond motifs is 1. The molecule has 0 spiro atoms. The first-order chi connectivity index (χ1) is 8.22. The van der Waals surface area contributed by atoms with Crippen LogP contribution in [0.2, 0.25) is 0 Å². The molecule has 1 aromatic carbocycles. The number of hydrogen-bond donors (Lipinski definition) is 1. The zero-order chi connectivity index (χ0) is 11.9. The Morgan fingerprint density at radius 1 is 1.18 bits per heavy atom. The number of rotatable bonds is 3. The van der Waals surface area contributed by atoms with Gasteiger partial charge in [-0.3, -0.25) is 0 Å². The molecule has 0 radical (unpaired) electrons. The number of hydrogen-bond acceptors (Lipinski definition) is 1. The Morgan fingerprint density at radius 2 is 1.82 bits per heavy atom. The van der Waals surface area contributed by atoms with Crippen LogP contribution in [0.25, 0.3) is 0 Å². The van der Waals surface area contributed by atoms with Crippen molar-refractivity contribution in [3.05, 3.63) is 35.4 Å². The number of aryl methyl sites for hydroxylation is 2. The molecule has 0 heterocycles. The smallest absolute Gasteiger partial charge is 0.0714 e. The van der Waals surface area contributed by atoms with Crippen molar-refractivity contribution < 1.29 is 5.11 Å². The lowest BCUT2D eigenvalue weighted by Gasteiger charge is -2.11. The Hall–Kier alpha value is -0.820. The summed E-state index contributed by atoms with van der Waals surface area (Å²) in [6.45, 7) is 2.17. The van der Waals surface area contributed by atoms with Gasteiger partial charge in [-0.05, 0) is 55.6 Å². The summed E-state index contributed by atoms with van der Waals surface area (Å²) in [5.74, 6) is 1.25. The summed E-state index contributed by atoms with van der Waals surface area (Å²) in [6, 6.07) is 8.56. The SMILES string of the molecule is Cc1ccccc1CCC1(O)C2CCCCC21. The largest absolute Gasteiger partial charge is 0.389 e. The summed E-state index contributed by atoms with van der Waals surface area (Å²) in [5.41, 5.74) is 2.46. The molecular formula is C16H22O. The fourth-order valence-corrected chi connectivity index (χ4v) is 3.81. The molecule has 3 rings (SSSR count). The van der Waals surface area contributed by atoms with E-state index in [0.717, 1.165) is 12.8 Å². The van der Waals surface area contributed by atoms with Crippen LogP contribution in [-0.4, -0.2) is 10.7 Å². The van der Waals surface area contributed by atoms with Gasteiger partial charge in [-0.25, -0.2) is 0 Å². The Balaban J connectivity index is 1.64. The molecule has 2 atom stereocenters. The molecule has 0 saturated heterocycles. The van der Waals surface area contributed by atoms with Gasteiger partial charge in [0.05, 0.1) is 5.60 Å². The minimum Gasteiger partial charge on any atom is -0.389 e. The predicted octanol–water partition coefficient (Wildman–Crippen LogP) is 3.48. The second-order valence-electron chi connectivity index (χ2n) is 5.92. The molecule has 17 heavy (non-hydrogen) atoms. The molecule has 2 aliphatic carbocycles. The van der Waals surface area contributed by atoms with Gasteiger partial charge in [0.15, 0.2) is 0 Å². The van der Waals surface area contributed by atoms with Gasteiger partial charge in [0, 0.05) is 0 Å². The molecule has 0 aliphatic heterocycles. The van der Waals surface area contributed by atoms with Crippen molar-refractivity contribution in [1.82, 2.24) is 0 Å². The van der Waals surface area contributed by atoms with Crippen molar-refractivity contribution in [2.75, 3.05) is 0 Å². The van der Waals surface area contributed by atoms with E-state index in [1.807, 2.05) is 0 Å². The molecule has 1 aromatic rings. The van der Waals surface area contributed by atoms with Crippen LogP contribution in [0.4, 0.5) is 0 Å². The van der Waals surface area contributed by atoms with Crippen LogP contribution in [0.15, 0.2) is 24.3 Å².